The average Bonchev–Trinajstić information content (AvgIpc) is 2.46. The van der Waals surface area contributed by atoms with Crippen molar-refractivity contribution in [3.63, 3.8) is 0 Å². The van der Waals surface area contributed by atoms with Gasteiger partial charge in [0.1, 0.15) is 5.75 Å². The van der Waals surface area contributed by atoms with Gasteiger partial charge in [-0.3, -0.25) is 0 Å². The number of ether oxygens (including phenoxy) is 1. The first-order valence-corrected chi connectivity index (χ1v) is 8.64. The number of benzene rings is 1. The molecule has 0 spiro atoms. The third-order valence-electron chi connectivity index (χ3n) is 3.79. The van der Waals surface area contributed by atoms with Crippen LogP contribution in [-0.4, -0.2) is 51.2 Å². The van der Waals surface area contributed by atoms with Crippen LogP contribution in [0.4, 0.5) is 4.79 Å². The number of aryl methyl sites for hydroxylation is 1. The summed E-state index contributed by atoms with van der Waals surface area (Å²) in [5.74, 6) is 0.660. The standard InChI is InChI=1S/C15H24N2O5S/c1-10-9-13(22-5)11(2)12(3)14(10)23(20,21)17(4)8-6-7-16-15(18)19/h9,16H,6-8H2,1-5H3,(H,18,19). The molecule has 0 saturated carbocycles. The molecule has 2 N–H and O–H groups in total. The number of amides is 1. The van der Waals surface area contributed by atoms with Crippen molar-refractivity contribution < 1.29 is 23.1 Å². The maximum Gasteiger partial charge on any atom is 0.404 e. The largest absolute Gasteiger partial charge is 0.496 e. The van der Waals surface area contributed by atoms with Gasteiger partial charge in [-0.1, -0.05) is 0 Å². The summed E-state index contributed by atoms with van der Waals surface area (Å²) in [4.78, 5) is 10.7. The molecule has 0 aliphatic rings. The van der Waals surface area contributed by atoms with Crippen molar-refractivity contribution in [2.75, 3.05) is 27.2 Å². The lowest BCUT2D eigenvalue weighted by Gasteiger charge is -2.22. The number of carbonyl (C=O) groups is 1. The highest BCUT2D eigenvalue weighted by atomic mass is 32.2. The smallest absolute Gasteiger partial charge is 0.404 e. The SMILES string of the molecule is COc1cc(C)c(S(=O)(=O)N(C)CCCNC(=O)O)c(C)c1C. The maximum atomic E-state index is 12.8. The van der Waals surface area contributed by atoms with Gasteiger partial charge in [0.15, 0.2) is 0 Å². The lowest BCUT2D eigenvalue weighted by atomic mass is 10.1. The van der Waals surface area contributed by atoms with Crippen LogP contribution in [0.2, 0.25) is 0 Å². The predicted octanol–water partition coefficient (Wildman–Crippen LogP) is 1.90. The van der Waals surface area contributed by atoms with Crippen molar-refractivity contribution in [3.8, 4) is 5.75 Å². The van der Waals surface area contributed by atoms with E-state index in [1.807, 2.05) is 6.92 Å². The molecular formula is C15H24N2O5S. The van der Waals surface area contributed by atoms with Crippen LogP contribution in [-0.2, 0) is 10.0 Å². The average molecular weight is 344 g/mol. The lowest BCUT2D eigenvalue weighted by Crippen LogP contribution is -2.32. The third-order valence-corrected chi connectivity index (χ3v) is 5.94. The number of hydrogen-bond donors (Lipinski definition) is 2. The number of rotatable bonds is 7. The molecule has 8 heteroatoms. The summed E-state index contributed by atoms with van der Waals surface area (Å²) < 4.78 is 32.1. The molecule has 0 atom stereocenters. The molecule has 23 heavy (non-hydrogen) atoms. The van der Waals surface area contributed by atoms with Gasteiger partial charge in [0.25, 0.3) is 0 Å². The van der Waals surface area contributed by atoms with Gasteiger partial charge < -0.3 is 15.2 Å². The molecule has 0 radical (unpaired) electrons. The van der Waals surface area contributed by atoms with Gasteiger partial charge in [-0.2, -0.15) is 0 Å². The van der Waals surface area contributed by atoms with Crippen molar-refractivity contribution in [2.24, 2.45) is 0 Å². The van der Waals surface area contributed by atoms with E-state index in [4.69, 9.17) is 9.84 Å². The van der Waals surface area contributed by atoms with Gasteiger partial charge in [-0.25, -0.2) is 17.5 Å². The van der Waals surface area contributed by atoms with E-state index in [-0.39, 0.29) is 18.0 Å². The topological polar surface area (TPSA) is 95.9 Å². The maximum absolute atomic E-state index is 12.8. The van der Waals surface area contributed by atoms with Gasteiger partial charge in [-0.05, 0) is 49.9 Å². The second kappa shape index (κ2) is 7.65. The summed E-state index contributed by atoms with van der Waals surface area (Å²) in [5.41, 5.74) is 2.08. The first-order chi connectivity index (χ1) is 10.6. The number of hydrogen-bond acceptors (Lipinski definition) is 4. The fourth-order valence-corrected chi connectivity index (χ4v) is 4.09. The van der Waals surface area contributed by atoms with Crippen molar-refractivity contribution >= 4 is 16.1 Å². The van der Waals surface area contributed by atoms with E-state index in [0.717, 1.165) is 5.56 Å². The number of nitrogens with one attached hydrogen (secondary N) is 1. The van der Waals surface area contributed by atoms with Crippen molar-refractivity contribution in [1.29, 1.82) is 0 Å². The molecule has 0 aliphatic heterocycles. The minimum Gasteiger partial charge on any atom is -0.496 e. The first kappa shape index (κ1) is 19.2. The van der Waals surface area contributed by atoms with Gasteiger partial charge in [0, 0.05) is 20.1 Å². The molecule has 0 saturated heterocycles. The molecule has 7 nitrogen and oxygen atoms in total. The van der Waals surface area contributed by atoms with Crippen LogP contribution in [0.1, 0.15) is 23.1 Å². The number of carboxylic acid groups (broad SMARTS) is 1. The Balaban J connectivity index is 3.04. The van der Waals surface area contributed by atoms with E-state index < -0.39 is 16.1 Å². The second-order valence-electron chi connectivity index (χ2n) is 5.39. The second-order valence-corrected chi connectivity index (χ2v) is 7.37. The summed E-state index contributed by atoms with van der Waals surface area (Å²) in [7, 11) is -0.599. The Bertz CT molecular complexity index is 686. The Morgan fingerprint density at radius 3 is 2.43 bits per heavy atom. The molecule has 0 bridgehead atoms. The van der Waals surface area contributed by atoms with Crippen LogP contribution >= 0.6 is 0 Å². The van der Waals surface area contributed by atoms with Crippen LogP contribution in [0.25, 0.3) is 0 Å². The van der Waals surface area contributed by atoms with Gasteiger partial charge in [0.2, 0.25) is 10.0 Å². The first-order valence-electron chi connectivity index (χ1n) is 7.20. The summed E-state index contributed by atoms with van der Waals surface area (Å²) in [5, 5.41) is 10.7. The Kier molecular flexibility index (Phi) is 6.40. The minimum absolute atomic E-state index is 0.203. The molecule has 0 fully saturated rings. The zero-order valence-electron chi connectivity index (χ0n) is 14.1. The van der Waals surface area contributed by atoms with E-state index >= 15 is 0 Å². The third kappa shape index (κ3) is 4.35. The van der Waals surface area contributed by atoms with E-state index in [1.165, 1.54) is 11.4 Å². The summed E-state index contributed by atoms with van der Waals surface area (Å²) >= 11 is 0. The molecule has 1 aromatic rings. The normalized spacial score (nSPS) is 11.6. The quantitative estimate of drug-likeness (QED) is 0.737. The molecule has 1 amide bonds. The highest BCUT2D eigenvalue weighted by Gasteiger charge is 2.26. The van der Waals surface area contributed by atoms with Crippen LogP contribution in [0.3, 0.4) is 0 Å². The minimum atomic E-state index is -3.65. The molecule has 130 valence electrons. The summed E-state index contributed by atoms with van der Waals surface area (Å²) in [6.45, 7) is 5.75. The van der Waals surface area contributed by atoms with Crippen LogP contribution in [0.15, 0.2) is 11.0 Å². The van der Waals surface area contributed by atoms with Crippen LogP contribution < -0.4 is 10.1 Å². The summed E-state index contributed by atoms with van der Waals surface area (Å²) in [6.07, 6.45) is -0.720. The molecule has 1 rings (SSSR count). The molecular weight excluding hydrogens is 320 g/mol. The van der Waals surface area contributed by atoms with Crippen molar-refractivity contribution in [1.82, 2.24) is 9.62 Å². The fourth-order valence-electron chi connectivity index (χ4n) is 2.40. The Labute approximate surface area is 137 Å². The molecule has 0 heterocycles. The van der Waals surface area contributed by atoms with E-state index in [9.17, 15) is 13.2 Å². The zero-order valence-corrected chi connectivity index (χ0v) is 15.0. The van der Waals surface area contributed by atoms with Gasteiger partial charge in [-0.15, -0.1) is 0 Å². The molecule has 0 aromatic heterocycles. The number of sulfonamides is 1. The summed E-state index contributed by atoms with van der Waals surface area (Å²) in [6, 6.07) is 1.72. The highest BCUT2D eigenvalue weighted by Crippen LogP contribution is 2.31. The van der Waals surface area contributed by atoms with Crippen LogP contribution in [0, 0.1) is 20.8 Å². The van der Waals surface area contributed by atoms with Crippen molar-refractivity contribution in [3.05, 3.63) is 22.8 Å². The Hall–Kier alpha value is -1.80. The fraction of sp³-hybridized carbons (Fsp3) is 0.533. The van der Waals surface area contributed by atoms with E-state index in [2.05, 4.69) is 5.32 Å². The molecule has 1 aromatic carbocycles. The predicted molar refractivity (Wildman–Crippen MR) is 87.7 cm³/mol. The Morgan fingerprint density at radius 1 is 1.30 bits per heavy atom. The molecule has 0 unspecified atom stereocenters. The number of nitrogens with zero attached hydrogens (tertiary/aromatic N) is 1. The van der Waals surface area contributed by atoms with Gasteiger partial charge >= 0.3 is 6.09 Å². The van der Waals surface area contributed by atoms with Crippen molar-refractivity contribution in [2.45, 2.75) is 32.1 Å². The van der Waals surface area contributed by atoms with Gasteiger partial charge in [0.05, 0.1) is 12.0 Å². The lowest BCUT2D eigenvalue weighted by molar-refractivity contribution is 0.194. The zero-order chi connectivity index (χ0) is 17.8. The van der Waals surface area contributed by atoms with E-state index in [1.54, 1.807) is 27.0 Å². The highest BCUT2D eigenvalue weighted by molar-refractivity contribution is 7.89. The van der Waals surface area contributed by atoms with Crippen LogP contribution in [0.5, 0.6) is 5.75 Å². The molecule has 0 aliphatic carbocycles. The monoisotopic (exact) mass is 344 g/mol. The Morgan fingerprint density at radius 2 is 1.91 bits per heavy atom. The van der Waals surface area contributed by atoms with E-state index in [0.29, 0.717) is 23.3 Å². The number of methoxy groups -OCH3 is 1.